The number of alkyl halides is 9. The molecule has 3 aromatic rings. The van der Waals surface area contributed by atoms with E-state index >= 15 is 0 Å². The fourth-order valence-corrected chi connectivity index (χ4v) is 4.72. The number of anilines is 2. The second kappa shape index (κ2) is 10.3. The van der Waals surface area contributed by atoms with Gasteiger partial charge in [0.25, 0.3) is 5.95 Å². The van der Waals surface area contributed by atoms with E-state index in [0.717, 1.165) is 15.8 Å². The molecule has 16 heteroatoms. The Morgan fingerprint density at radius 2 is 1.57 bits per heavy atom. The van der Waals surface area contributed by atoms with Crippen LogP contribution in [0.15, 0.2) is 30.3 Å². The van der Waals surface area contributed by atoms with Crippen LogP contribution < -0.4 is 9.80 Å². The quantitative estimate of drug-likeness (QED) is 0.271. The zero-order chi connectivity index (χ0) is 29.6. The third kappa shape index (κ3) is 5.99. The van der Waals surface area contributed by atoms with Crippen molar-refractivity contribution in [3.05, 3.63) is 63.7 Å². The Bertz CT molecular complexity index is 1360. The summed E-state index contributed by atoms with van der Waals surface area (Å²) in [6.45, 7) is 0.657. The van der Waals surface area contributed by atoms with E-state index in [1.54, 1.807) is 0 Å². The molecule has 1 atom stereocenters. The number of fused-ring (bicyclic) bond motifs is 1. The monoisotopic (exact) mass is 580 g/mol. The molecule has 0 saturated heterocycles. The molecule has 0 aliphatic carbocycles. The number of carbonyl (C=O) groups is 1. The molecule has 1 aliphatic rings. The Hall–Kier alpha value is -3.85. The molecule has 7 nitrogen and oxygen atoms in total. The van der Waals surface area contributed by atoms with Gasteiger partial charge in [-0.2, -0.15) is 44.3 Å². The number of carbonyl (C=O) groups excluding carboxylic acids is 1. The molecule has 216 valence electrons. The highest BCUT2D eigenvalue weighted by Gasteiger charge is 2.39. The molecular weight excluding hydrogens is 559 g/mol. The van der Waals surface area contributed by atoms with Crippen molar-refractivity contribution in [2.45, 2.75) is 50.9 Å². The number of halogens is 9. The van der Waals surface area contributed by atoms with E-state index in [0.29, 0.717) is 18.5 Å². The van der Waals surface area contributed by atoms with E-state index in [1.807, 2.05) is 0 Å². The van der Waals surface area contributed by atoms with Crippen molar-refractivity contribution < 1.29 is 44.3 Å². The fraction of sp³-hybridized carbons (Fsp3) is 0.417. The first kappa shape index (κ1) is 29.1. The molecule has 0 unspecified atom stereocenters. The van der Waals surface area contributed by atoms with Gasteiger partial charge in [0.05, 0.1) is 29.8 Å². The number of amides is 1. The molecular formula is C24H21F9N6O. The Morgan fingerprint density at radius 3 is 2.08 bits per heavy atom. The second-order valence-corrected chi connectivity index (χ2v) is 9.30. The number of benzene rings is 2. The zero-order valence-electron chi connectivity index (χ0n) is 20.9. The average molecular weight is 580 g/mol. The second-order valence-electron chi connectivity index (χ2n) is 9.30. The standard InChI is InChI=1S/C24H21F9N6O/c1-13-6-17-19(4-3-5-38(12-40)20(17)10-18(13)24(31,32)33)39(21-34-36-37(2)35-21)11-14-7-15(22(25,26)27)9-16(8-14)23(28,29)30/h6-10,12,19H,3-5,11H2,1-2H3/t19-/m0/s1. The summed E-state index contributed by atoms with van der Waals surface area (Å²) in [7, 11) is 1.38. The summed E-state index contributed by atoms with van der Waals surface area (Å²) in [5, 5.41) is 11.6. The van der Waals surface area contributed by atoms with E-state index < -0.39 is 53.4 Å². The van der Waals surface area contributed by atoms with Crippen molar-refractivity contribution in [2.75, 3.05) is 16.3 Å². The first-order valence-corrected chi connectivity index (χ1v) is 11.7. The largest absolute Gasteiger partial charge is 0.416 e. The summed E-state index contributed by atoms with van der Waals surface area (Å²) in [6, 6.07) is 2.21. The lowest BCUT2D eigenvalue weighted by molar-refractivity contribution is -0.143. The van der Waals surface area contributed by atoms with Crippen LogP contribution in [0.5, 0.6) is 0 Å². The van der Waals surface area contributed by atoms with Crippen LogP contribution in [0, 0.1) is 6.92 Å². The van der Waals surface area contributed by atoms with Crippen LogP contribution in [0.4, 0.5) is 51.1 Å². The first-order chi connectivity index (χ1) is 18.5. The third-order valence-electron chi connectivity index (χ3n) is 6.48. The molecule has 0 bridgehead atoms. The van der Waals surface area contributed by atoms with Gasteiger partial charge in [0.15, 0.2) is 0 Å². The van der Waals surface area contributed by atoms with Crippen molar-refractivity contribution in [2.24, 2.45) is 7.05 Å². The predicted octanol–water partition coefficient (Wildman–Crippen LogP) is 6.08. The maximum absolute atomic E-state index is 13.7. The van der Waals surface area contributed by atoms with Gasteiger partial charge in [0, 0.05) is 18.8 Å². The van der Waals surface area contributed by atoms with Gasteiger partial charge >= 0.3 is 18.5 Å². The minimum Gasteiger partial charge on any atom is -0.327 e. The van der Waals surface area contributed by atoms with Gasteiger partial charge in [-0.15, -0.1) is 5.10 Å². The number of hydrogen-bond acceptors (Lipinski definition) is 5. The molecule has 40 heavy (non-hydrogen) atoms. The minimum absolute atomic E-state index is 0.000647. The lowest BCUT2D eigenvalue weighted by Crippen LogP contribution is -2.30. The van der Waals surface area contributed by atoms with Crippen LogP contribution in [0.3, 0.4) is 0 Å². The summed E-state index contributed by atoms with van der Waals surface area (Å²) in [5.74, 6) is -0.179. The maximum Gasteiger partial charge on any atom is 0.416 e. The fourth-order valence-electron chi connectivity index (χ4n) is 4.72. The molecule has 1 amide bonds. The molecule has 0 spiro atoms. The number of aromatic nitrogens is 4. The molecule has 0 radical (unpaired) electrons. The van der Waals surface area contributed by atoms with Gasteiger partial charge < -0.3 is 9.80 Å². The van der Waals surface area contributed by atoms with Crippen LogP contribution in [-0.4, -0.2) is 33.2 Å². The van der Waals surface area contributed by atoms with Crippen molar-refractivity contribution in [3.63, 3.8) is 0 Å². The Balaban J connectivity index is 1.90. The van der Waals surface area contributed by atoms with Gasteiger partial charge in [0.2, 0.25) is 6.41 Å². The van der Waals surface area contributed by atoms with Gasteiger partial charge in [0.1, 0.15) is 0 Å². The Labute approximate surface area is 221 Å². The average Bonchev–Trinajstić information content (AvgIpc) is 3.18. The third-order valence-corrected chi connectivity index (χ3v) is 6.48. The number of tetrazole rings is 1. The van der Waals surface area contributed by atoms with Gasteiger partial charge in [-0.05, 0) is 65.9 Å². The molecule has 1 aromatic heterocycles. The van der Waals surface area contributed by atoms with E-state index in [-0.39, 0.29) is 48.2 Å². The van der Waals surface area contributed by atoms with Gasteiger partial charge in [-0.3, -0.25) is 4.79 Å². The zero-order valence-corrected chi connectivity index (χ0v) is 20.9. The topological polar surface area (TPSA) is 67.2 Å². The Morgan fingerprint density at radius 1 is 0.950 bits per heavy atom. The van der Waals surface area contributed by atoms with E-state index in [4.69, 9.17) is 0 Å². The minimum atomic E-state index is -5.09. The lowest BCUT2D eigenvalue weighted by Gasteiger charge is -2.32. The molecule has 0 N–H and O–H groups in total. The van der Waals surface area contributed by atoms with Crippen LogP contribution in [-0.2, 0) is 36.9 Å². The molecule has 2 heterocycles. The van der Waals surface area contributed by atoms with E-state index in [2.05, 4.69) is 15.4 Å². The highest BCUT2D eigenvalue weighted by Crippen LogP contribution is 2.44. The summed E-state index contributed by atoms with van der Waals surface area (Å²) < 4.78 is 122. The first-order valence-electron chi connectivity index (χ1n) is 11.7. The summed E-state index contributed by atoms with van der Waals surface area (Å²) in [5.41, 5.74) is -4.51. The van der Waals surface area contributed by atoms with Crippen LogP contribution in [0.25, 0.3) is 0 Å². The SMILES string of the molecule is Cc1cc2c(cc1C(F)(F)F)N(C=O)CCC[C@@H]2N(Cc1cc(C(F)(F)F)cc(C(F)(F)F)c1)c1nnn(C)n1. The number of aryl methyl sites for hydroxylation is 2. The van der Waals surface area contributed by atoms with Crippen LogP contribution in [0.1, 0.15) is 52.3 Å². The van der Waals surface area contributed by atoms with Crippen LogP contribution in [0.2, 0.25) is 0 Å². The normalized spacial score (nSPS) is 16.5. The van der Waals surface area contributed by atoms with Gasteiger partial charge in [-0.1, -0.05) is 11.2 Å². The maximum atomic E-state index is 13.7. The summed E-state index contributed by atoms with van der Waals surface area (Å²) in [4.78, 5) is 15.2. The number of nitrogens with zero attached hydrogens (tertiary/aromatic N) is 6. The van der Waals surface area contributed by atoms with Crippen molar-refractivity contribution in [1.82, 2.24) is 20.2 Å². The van der Waals surface area contributed by atoms with E-state index in [9.17, 15) is 44.3 Å². The molecule has 2 aromatic carbocycles. The van der Waals surface area contributed by atoms with Crippen LogP contribution >= 0.6 is 0 Å². The van der Waals surface area contributed by atoms with Crippen molar-refractivity contribution >= 4 is 18.0 Å². The highest BCUT2D eigenvalue weighted by atomic mass is 19.4. The Kier molecular flexibility index (Phi) is 7.49. The summed E-state index contributed by atoms with van der Waals surface area (Å²) in [6.07, 6.45) is -14.2. The smallest absolute Gasteiger partial charge is 0.327 e. The lowest BCUT2D eigenvalue weighted by atomic mass is 9.94. The molecule has 0 fully saturated rings. The van der Waals surface area contributed by atoms with Gasteiger partial charge in [-0.25, -0.2) is 0 Å². The number of rotatable bonds is 5. The van der Waals surface area contributed by atoms with E-state index in [1.165, 1.54) is 24.9 Å². The predicted molar refractivity (Wildman–Crippen MR) is 123 cm³/mol. The molecule has 4 rings (SSSR count). The number of hydrogen-bond donors (Lipinski definition) is 0. The van der Waals surface area contributed by atoms with Crippen molar-refractivity contribution in [1.29, 1.82) is 0 Å². The molecule has 0 saturated carbocycles. The highest BCUT2D eigenvalue weighted by molar-refractivity contribution is 5.79. The van der Waals surface area contributed by atoms with Crippen molar-refractivity contribution in [3.8, 4) is 0 Å². The molecule has 1 aliphatic heterocycles. The summed E-state index contributed by atoms with van der Waals surface area (Å²) >= 11 is 0.